The molecule has 0 spiro atoms. The molecule has 2 amide bonds. The van der Waals surface area contributed by atoms with Crippen molar-refractivity contribution in [2.24, 2.45) is 0 Å². The van der Waals surface area contributed by atoms with Crippen molar-refractivity contribution in [2.45, 2.75) is 12.5 Å². The zero-order chi connectivity index (χ0) is 28.5. The third-order valence-corrected chi connectivity index (χ3v) is 7.17. The van der Waals surface area contributed by atoms with E-state index in [9.17, 15) is 19.5 Å². The third kappa shape index (κ3) is 5.06. The molecule has 11 nitrogen and oxygen atoms in total. The van der Waals surface area contributed by atoms with Crippen LogP contribution in [-0.4, -0.2) is 59.5 Å². The van der Waals surface area contributed by atoms with Gasteiger partial charge in [0.15, 0.2) is 0 Å². The molecular weight excluding hydrogens is 546 g/mol. The van der Waals surface area contributed by atoms with E-state index in [-0.39, 0.29) is 11.5 Å². The van der Waals surface area contributed by atoms with Crippen LogP contribution in [0.5, 0.6) is 0 Å². The number of anilines is 1. The van der Waals surface area contributed by atoms with Crippen molar-refractivity contribution in [3.63, 3.8) is 0 Å². The Hall–Kier alpha value is -5.29. The quantitative estimate of drug-likeness (QED) is 0.260. The van der Waals surface area contributed by atoms with Gasteiger partial charge in [0.25, 0.3) is 5.91 Å². The van der Waals surface area contributed by atoms with Crippen LogP contribution in [0.15, 0.2) is 79.1 Å². The highest BCUT2D eigenvalue weighted by atomic mass is 35.5. The standard InChI is InChI=1S/C29H22ClN7O4/c30-19-8-11-24(37-16-31-34-35-37)18(15-19)7-12-25(38)36-14-13-23-26(21-3-1-2-4-22(21)33-23)27(36)28(39)32-20-9-5-17(6-10-20)29(40)41/h1-12,15-16,27,33H,13-14H2,(H,32,39)(H,40,41)/b12-7+. The third-order valence-electron chi connectivity index (χ3n) is 6.94. The zero-order valence-corrected chi connectivity index (χ0v) is 22.1. The van der Waals surface area contributed by atoms with Crippen LogP contribution in [0.2, 0.25) is 5.02 Å². The van der Waals surface area contributed by atoms with E-state index < -0.39 is 17.9 Å². The van der Waals surface area contributed by atoms with Crippen molar-refractivity contribution in [1.29, 1.82) is 0 Å². The lowest BCUT2D eigenvalue weighted by molar-refractivity contribution is -0.135. The number of aromatic nitrogens is 5. The van der Waals surface area contributed by atoms with Crippen molar-refractivity contribution in [3.05, 3.63) is 107 Å². The number of aromatic carboxylic acids is 1. The number of benzene rings is 3. The SMILES string of the molecule is O=C(O)c1ccc(NC(=O)C2c3c([nH]c4ccccc34)CCN2C(=O)/C=C/c2cc(Cl)ccc2-n2cnnn2)cc1. The van der Waals surface area contributed by atoms with Gasteiger partial charge in [-0.3, -0.25) is 9.59 Å². The number of nitrogens with zero attached hydrogens (tertiary/aromatic N) is 5. The van der Waals surface area contributed by atoms with Crippen molar-refractivity contribution >= 4 is 52.1 Å². The molecule has 0 bridgehead atoms. The average Bonchev–Trinajstić information content (AvgIpc) is 3.64. The van der Waals surface area contributed by atoms with Gasteiger partial charge in [0.05, 0.1) is 11.3 Å². The summed E-state index contributed by atoms with van der Waals surface area (Å²) in [6.45, 7) is 0.300. The van der Waals surface area contributed by atoms with Gasteiger partial charge in [-0.25, -0.2) is 4.79 Å². The molecule has 3 aromatic carbocycles. The van der Waals surface area contributed by atoms with Crippen LogP contribution in [0, 0.1) is 0 Å². The summed E-state index contributed by atoms with van der Waals surface area (Å²) < 4.78 is 1.46. The summed E-state index contributed by atoms with van der Waals surface area (Å²) in [6.07, 6.45) is 5.00. The molecule has 3 heterocycles. The second kappa shape index (κ2) is 10.7. The number of carboxylic acid groups (broad SMARTS) is 1. The molecule has 1 aliphatic heterocycles. The van der Waals surface area contributed by atoms with Gasteiger partial charge < -0.3 is 20.3 Å². The lowest BCUT2D eigenvalue weighted by atomic mass is 9.94. The summed E-state index contributed by atoms with van der Waals surface area (Å²) in [5.74, 6) is -1.85. The fourth-order valence-corrected chi connectivity index (χ4v) is 5.24. The topological polar surface area (TPSA) is 146 Å². The van der Waals surface area contributed by atoms with Crippen molar-refractivity contribution in [1.82, 2.24) is 30.1 Å². The van der Waals surface area contributed by atoms with E-state index in [2.05, 4.69) is 25.8 Å². The van der Waals surface area contributed by atoms with Crippen LogP contribution in [-0.2, 0) is 16.0 Å². The monoisotopic (exact) mass is 567 g/mol. The molecule has 1 aliphatic rings. The van der Waals surface area contributed by atoms with E-state index >= 15 is 0 Å². The van der Waals surface area contributed by atoms with Crippen LogP contribution < -0.4 is 5.32 Å². The number of fused-ring (bicyclic) bond motifs is 3. The van der Waals surface area contributed by atoms with Crippen molar-refractivity contribution < 1.29 is 19.5 Å². The molecule has 1 atom stereocenters. The first-order valence-corrected chi connectivity index (χ1v) is 13.0. The van der Waals surface area contributed by atoms with Gasteiger partial charge in [0.2, 0.25) is 5.91 Å². The number of carboxylic acids is 1. The number of halogens is 1. The number of tetrazole rings is 1. The molecule has 41 heavy (non-hydrogen) atoms. The molecule has 0 radical (unpaired) electrons. The zero-order valence-electron chi connectivity index (χ0n) is 21.4. The van der Waals surface area contributed by atoms with E-state index in [1.807, 2.05) is 24.3 Å². The Balaban J connectivity index is 1.35. The first-order chi connectivity index (χ1) is 19.9. The van der Waals surface area contributed by atoms with Gasteiger partial charge in [-0.05, 0) is 65.0 Å². The summed E-state index contributed by atoms with van der Waals surface area (Å²) in [7, 11) is 0. The first kappa shape index (κ1) is 26.0. The Labute approximate surface area is 238 Å². The Morgan fingerprint density at radius 2 is 1.88 bits per heavy atom. The number of nitrogens with one attached hydrogen (secondary N) is 2. The Morgan fingerprint density at radius 1 is 1.07 bits per heavy atom. The van der Waals surface area contributed by atoms with Gasteiger partial charge >= 0.3 is 5.97 Å². The fourth-order valence-electron chi connectivity index (χ4n) is 5.06. The highest BCUT2D eigenvalue weighted by molar-refractivity contribution is 6.30. The van der Waals surface area contributed by atoms with Crippen LogP contribution in [0.1, 0.15) is 33.2 Å². The molecule has 2 aromatic heterocycles. The van der Waals surface area contributed by atoms with Crippen LogP contribution in [0.25, 0.3) is 22.7 Å². The summed E-state index contributed by atoms with van der Waals surface area (Å²) in [4.78, 5) is 43.7. The molecule has 0 saturated heterocycles. The predicted octanol–water partition coefficient (Wildman–Crippen LogP) is 4.27. The minimum atomic E-state index is -1.06. The number of amides is 2. The molecule has 0 aliphatic carbocycles. The second-order valence-corrected chi connectivity index (χ2v) is 9.85. The van der Waals surface area contributed by atoms with Gasteiger partial charge in [-0.1, -0.05) is 29.8 Å². The maximum Gasteiger partial charge on any atom is 0.335 e. The van der Waals surface area contributed by atoms with E-state index in [1.165, 1.54) is 46.3 Å². The number of hydrogen-bond donors (Lipinski definition) is 3. The largest absolute Gasteiger partial charge is 0.478 e. The van der Waals surface area contributed by atoms with E-state index in [4.69, 9.17) is 11.6 Å². The molecule has 1 unspecified atom stereocenters. The number of carbonyl (C=O) groups is 3. The molecule has 3 N–H and O–H groups in total. The highest BCUT2D eigenvalue weighted by Crippen LogP contribution is 2.37. The summed E-state index contributed by atoms with van der Waals surface area (Å²) in [5.41, 5.74) is 4.24. The van der Waals surface area contributed by atoms with E-state index in [1.54, 1.807) is 24.3 Å². The van der Waals surface area contributed by atoms with Crippen LogP contribution >= 0.6 is 11.6 Å². The average molecular weight is 568 g/mol. The number of carbonyl (C=O) groups excluding carboxylic acids is 2. The summed E-state index contributed by atoms with van der Waals surface area (Å²) in [6, 6.07) is 17.7. The summed E-state index contributed by atoms with van der Waals surface area (Å²) >= 11 is 6.23. The number of hydrogen-bond acceptors (Lipinski definition) is 6. The minimum absolute atomic E-state index is 0.101. The lowest BCUT2D eigenvalue weighted by Crippen LogP contribution is -2.44. The van der Waals surface area contributed by atoms with Crippen molar-refractivity contribution in [2.75, 3.05) is 11.9 Å². The normalized spacial score (nSPS) is 14.8. The Morgan fingerprint density at radius 3 is 2.63 bits per heavy atom. The highest BCUT2D eigenvalue weighted by Gasteiger charge is 2.37. The molecule has 6 rings (SSSR count). The van der Waals surface area contributed by atoms with Gasteiger partial charge in [-0.15, -0.1) is 5.10 Å². The van der Waals surface area contributed by atoms with Crippen molar-refractivity contribution in [3.8, 4) is 5.69 Å². The number of para-hydroxylation sites is 1. The fraction of sp³-hybridized carbons (Fsp3) is 0.103. The molecule has 0 fully saturated rings. The summed E-state index contributed by atoms with van der Waals surface area (Å²) in [5, 5.41) is 24.7. The molecule has 12 heteroatoms. The predicted molar refractivity (Wildman–Crippen MR) is 152 cm³/mol. The molecule has 0 saturated carbocycles. The number of H-pyrrole nitrogens is 1. The Bertz CT molecular complexity index is 1810. The minimum Gasteiger partial charge on any atom is -0.478 e. The smallest absolute Gasteiger partial charge is 0.335 e. The van der Waals surface area contributed by atoms with E-state index in [0.29, 0.717) is 34.9 Å². The molecule has 204 valence electrons. The number of aromatic amines is 1. The molecule has 5 aromatic rings. The maximum absolute atomic E-state index is 13.8. The van der Waals surface area contributed by atoms with Gasteiger partial charge in [-0.2, -0.15) is 4.68 Å². The molecular formula is C29H22ClN7O4. The maximum atomic E-state index is 13.8. The van der Waals surface area contributed by atoms with Gasteiger partial charge in [0, 0.05) is 57.5 Å². The first-order valence-electron chi connectivity index (χ1n) is 12.6. The number of rotatable bonds is 6. The van der Waals surface area contributed by atoms with E-state index in [0.717, 1.165) is 22.2 Å². The second-order valence-electron chi connectivity index (χ2n) is 9.41. The Kier molecular flexibility index (Phi) is 6.78. The van der Waals surface area contributed by atoms with Crippen LogP contribution in [0.3, 0.4) is 0 Å². The van der Waals surface area contributed by atoms with Gasteiger partial charge in [0.1, 0.15) is 12.4 Å². The van der Waals surface area contributed by atoms with Crippen LogP contribution in [0.4, 0.5) is 5.69 Å². The lowest BCUT2D eigenvalue weighted by Gasteiger charge is -2.34.